The number of methoxy groups -OCH3 is 1. The van der Waals surface area contributed by atoms with Crippen molar-refractivity contribution in [2.75, 3.05) is 13.7 Å². The molecule has 27 heavy (non-hydrogen) atoms. The number of carbonyl (C=O) groups is 1. The maximum atomic E-state index is 14.6. The van der Waals surface area contributed by atoms with E-state index in [9.17, 15) is 9.18 Å². The van der Waals surface area contributed by atoms with Crippen molar-refractivity contribution in [2.45, 2.75) is 26.2 Å². The highest BCUT2D eigenvalue weighted by molar-refractivity contribution is 5.87. The van der Waals surface area contributed by atoms with Crippen molar-refractivity contribution in [1.29, 1.82) is 0 Å². The topological polar surface area (TPSA) is 54.1 Å². The normalized spacial score (nSPS) is 12.3. The number of aromatic nitrogens is 1. The Morgan fingerprint density at radius 3 is 2.67 bits per heavy atom. The molecule has 1 aromatic heterocycles. The SMILES string of the molecule is COc1ccc2[nH]cc([C@@H](CC(=O)NCC(C)C)c3ccccc3F)c2c1. The van der Waals surface area contributed by atoms with Gasteiger partial charge in [0.15, 0.2) is 0 Å². The summed E-state index contributed by atoms with van der Waals surface area (Å²) in [6, 6.07) is 12.4. The predicted octanol–water partition coefficient (Wildman–Crippen LogP) is 4.61. The van der Waals surface area contributed by atoms with Gasteiger partial charge in [-0.05, 0) is 41.3 Å². The molecule has 3 aromatic rings. The summed E-state index contributed by atoms with van der Waals surface area (Å²) in [4.78, 5) is 15.8. The maximum absolute atomic E-state index is 14.6. The lowest BCUT2D eigenvalue weighted by atomic mass is 9.87. The van der Waals surface area contributed by atoms with Crippen molar-refractivity contribution in [3.05, 3.63) is 65.6 Å². The minimum atomic E-state index is -0.390. The molecule has 0 spiro atoms. The van der Waals surface area contributed by atoms with Gasteiger partial charge in [-0.15, -0.1) is 0 Å². The Morgan fingerprint density at radius 1 is 1.19 bits per heavy atom. The zero-order chi connectivity index (χ0) is 19.4. The number of H-pyrrole nitrogens is 1. The second-order valence-electron chi connectivity index (χ2n) is 7.13. The molecule has 0 saturated heterocycles. The molecule has 2 N–H and O–H groups in total. The number of nitrogens with one attached hydrogen (secondary N) is 2. The van der Waals surface area contributed by atoms with Crippen LogP contribution in [0.25, 0.3) is 10.9 Å². The molecule has 0 aliphatic carbocycles. The molecule has 2 aromatic carbocycles. The smallest absolute Gasteiger partial charge is 0.220 e. The average molecular weight is 368 g/mol. The Bertz CT molecular complexity index is 933. The molecular weight excluding hydrogens is 343 g/mol. The van der Waals surface area contributed by atoms with Crippen molar-refractivity contribution in [2.24, 2.45) is 5.92 Å². The summed E-state index contributed by atoms with van der Waals surface area (Å²) < 4.78 is 19.9. The third-order valence-electron chi connectivity index (χ3n) is 4.67. The summed E-state index contributed by atoms with van der Waals surface area (Å²) in [6.07, 6.45) is 2.04. The van der Waals surface area contributed by atoms with E-state index in [4.69, 9.17) is 4.74 Å². The van der Waals surface area contributed by atoms with Gasteiger partial charge < -0.3 is 15.0 Å². The van der Waals surface area contributed by atoms with Crippen LogP contribution in [0, 0.1) is 11.7 Å². The molecule has 0 aliphatic heterocycles. The third kappa shape index (κ3) is 4.30. The van der Waals surface area contributed by atoms with Crippen LogP contribution in [0.15, 0.2) is 48.7 Å². The van der Waals surface area contributed by atoms with E-state index >= 15 is 0 Å². The highest BCUT2D eigenvalue weighted by Crippen LogP contribution is 2.36. The van der Waals surface area contributed by atoms with E-state index in [0.29, 0.717) is 18.0 Å². The zero-order valence-corrected chi connectivity index (χ0v) is 15.9. The molecule has 0 radical (unpaired) electrons. The number of aromatic amines is 1. The molecule has 0 bridgehead atoms. The van der Waals surface area contributed by atoms with Crippen LogP contribution in [0.1, 0.15) is 37.3 Å². The number of halogens is 1. The highest BCUT2D eigenvalue weighted by atomic mass is 19.1. The van der Waals surface area contributed by atoms with Gasteiger partial charge in [-0.3, -0.25) is 4.79 Å². The van der Waals surface area contributed by atoms with Crippen molar-refractivity contribution in [3.63, 3.8) is 0 Å². The van der Waals surface area contributed by atoms with Crippen LogP contribution < -0.4 is 10.1 Å². The summed E-state index contributed by atoms with van der Waals surface area (Å²) in [5.74, 6) is 0.294. The van der Waals surface area contributed by atoms with Crippen LogP contribution in [-0.4, -0.2) is 24.5 Å². The number of amides is 1. The molecule has 1 amide bonds. The fourth-order valence-electron chi connectivity index (χ4n) is 3.26. The molecule has 1 atom stereocenters. The fourth-order valence-corrected chi connectivity index (χ4v) is 3.26. The number of fused-ring (bicyclic) bond motifs is 1. The van der Waals surface area contributed by atoms with E-state index in [-0.39, 0.29) is 24.1 Å². The quantitative estimate of drug-likeness (QED) is 0.640. The first-order valence-corrected chi connectivity index (χ1v) is 9.15. The second kappa shape index (κ2) is 8.25. The second-order valence-corrected chi connectivity index (χ2v) is 7.13. The van der Waals surface area contributed by atoms with Crippen LogP contribution >= 0.6 is 0 Å². The Hall–Kier alpha value is -2.82. The fraction of sp³-hybridized carbons (Fsp3) is 0.318. The number of rotatable bonds is 7. The van der Waals surface area contributed by atoms with Crippen molar-refractivity contribution < 1.29 is 13.9 Å². The van der Waals surface area contributed by atoms with E-state index in [1.54, 1.807) is 25.3 Å². The lowest BCUT2D eigenvalue weighted by Crippen LogP contribution is -2.29. The van der Waals surface area contributed by atoms with Crippen LogP contribution in [0.2, 0.25) is 0 Å². The molecule has 1 heterocycles. The third-order valence-corrected chi connectivity index (χ3v) is 4.67. The molecular formula is C22H25FN2O2. The van der Waals surface area contributed by atoms with Crippen LogP contribution in [0.4, 0.5) is 4.39 Å². The van der Waals surface area contributed by atoms with E-state index < -0.39 is 0 Å². The summed E-state index contributed by atoms with van der Waals surface area (Å²) in [5.41, 5.74) is 2.32. The molecule has 142 valence electrons. The molecule has 0 fully saturated rings. The van der Waals surface area contributed by atoms with Gasteiger partial charge in [0, 0.05) is 36.0 Å². The van der Waals surface area contributed by atoms with Gasteiger partial charge in [0.2, 0.25) is 5.91 Å². The van der Waals surface area contributed by atoms with Crippen molar-refractivity contribution in [1.82, 2.24) is 10.3 Å². The number of hydrogen-bond donors (Lipinski definition) is 2. The van der Waals surface area contributed by atoms with E-state index in [0.717, 1.165) is 22.2 Å². The lowest BCUT2D eigenvalue weighted by molar-refractivity contribution is -0.121. The Labute approximate surface area is 158 Å². The van der Waals surface area contributed by atoms with Gasteiger partial charge in [-0.25, -0.2) is 4.39 Å². The highest BCUT2D eigenvalue weighted by Gasteiger charge is 2.24. The molecule has 0 aliphatic rings. The number of hydrogen-bond acceptors (Lipinski definition) is 2. The van der Waals surface area contributed by atoms with Crippen LogP contribution in [0.3, 0.4) is 0 Å². The number of carbonyl (C=O) groups excluding carboxylic acids is 1. The first kappa shape index (κ1) is 19.0. The predicted molar refractivity (Wildman–Crippen MR) is 106 cm³/mol. The first-order valence-electron chi connectivity index (χ1n) is 9.15. The minimum Gasteiger partial charge on any atom is -0.497 e. The molecule has 3 rings (SSSR count). The first-order chi connectivity index (χ1) is 13.0. The van der Waals surface area contributed by atoms with E-state index in [1.165, 1.54) is 6.07 Å². The van der Waals surface area contributed by atoms with Gasteiger partial charge in [-0.1, -0.05) is 32.0 Å². The van der Waals surface area contributed by atoms with Gasteiger partial charge in [0.1, 0.15) is 11.6 Å². The minimum absolute atomic E-state index is 0.0887. The Morgan fingerprint density at radius 2 is 1.96 bits per heavy atom. The van der Waals surface area contributed by atoms with Gasteiger partial charge in [0.25, 0.3) is 0 Å². The van der Waals surface area contributed by atoms with Gasteiger partial charge in [-0.2, -0.15) is 0 Å². The summed E-state index contributed by atoms with van der Waals surface area (Å²) in [7, 11) is 1.61. The molecule has 0 saturated carbocycles. The van der Waals surface area contributed by atoms with Crippen LogP contribution in [-0.2, 0) is 4.79 Å². The molecule has 4 nitrogen and oxygen atoms in total. The van der Waals surface area contributed by atoms with E-state index in [1.807, 2.05) is 38.2 Å². The largest absolute Gasteiger partial charge is 0.497 e. The Kier molecular flexibility index (Phi) is 5.79. The van der Waals surface area contributed by atoms with E-state index in [2.05, 4.69) is 10.3 Å². The summed E-state index contributed by atoms with van der Waals surface area (Å²) in [5, 5.41) is 3.87. The van der Waals surface area contributed by atoms with Crippen LogP contribution in [0.5, 0.6) is 5.75 Å². The monoisotopic (exact) mass is 368 g/mol. The molecule has 0 unspecified atom stereocenters. The standard InChI is InChI=1S/C22H25FN2O2/c1-14(2)12-25-22(26)11-17(16-6-4-5-7-20(16)23)19-13-24-21-9-8-15(27-3)10-18(19)21/h4-10,13-14,17,24H,11-12H2,1-3H3,(H,25,26)/t17-/m0/s1. The summed E-state index contributed by atoms with van der Waals surface area (Å²) in [6.45, 7) is 4.69. The number of benzene rings is 2. The average Bonchev–Trinajstić information content (AvgIpc) is 3.08. The zero-order valence-electron chi connectivity index (χ0n) is 15.9. The molecule has 5 heteroatoms. The van der Waals surface area contributed by atoms with Gasteiger partial charge in [0.05, 0.1) is 7.11 Å². The van der Waals surface area contributed by atoms with Crippen molar-refractivity contribution in [3.8, 4) is 5.75 Å². The van der Waals surface area contributed by atoms with Gasteiger partial charge >= 0.3 is 0 Å². The Balaban J connectivity index is 2.02. The summed E-state index contributed by atoms with van der Waals surface area (Å²) >= 11 is 0. The number of ether oxygens (including phenoxy) is 1. The maximum Gasteiger partial charge on any atom is 0.220 e. The van der Waals surface area contributed by atoms with Crippen molar-refractivity contribution >= 4 is 16.8 Å². The lowest BCUT2D eigenvalue weighted by Gasteiger charge is -2.18.